The molecule has 6 nitrogen and oxygen atoms in total. The second kappa shape index (κ2) is 7.14. The van der Waals surface area contributed by atoms with E-state index in [9.17, 15) is 14.7 Å². The number of hydrogen-bond acceptors (Lipinski definition) is 6. The van der Waals surface area contributed by atoms with Crippen LogP contribution in [0.1, 0.15) is 15.9 Å². The van der Waals surface area contributed by atoms with E-state index >= 15 is 0 Å². The van der Waals surface area contributed by atoms with Crippen LogP contribution < -0.4 is 15.1 Å². The minimum atomic E-state index is -0.891. The Morgan fingerprint density at radius 2 is 1.88 bits per heavy atom. The first-order valence-corrected chi connectivity index (χ1v) is 7.74. The summed E-state index contributed by atoms with van der Waals surface area (Å²) in [6.45, 7) is 0. The van der Waals surface area contributed by atoms with E-state index in [1.165, 1.54) is 26.4 Å². The van der Waals surface area contributed by atoms with Crippen LogP contribution in [0.3, 0.4) is 0 Å². The predicted octanol–water partition coefficient (Wildman–Crippen LogP) is 3.41. The number of fused-ring (bicyclic) bond motifs is 1. The second-order valence-corrected chi connectivity index (χ2v) is 5.41. The van der Waals surface area contributed by atoms with Crippen LogP contribution in [-0.2, 0) is 0 Å². The van der Waals surface area contributed by atoms with E-state index in [-0.39, 0.29) is 5.58 Å². The number of allylic oxidation sites excluding steroid dienone is 1. The van der Waals surface area contributed by atoms with Gasteiger partial charge in [-0.3, -0.25) is 4.79 Å². The number of ether oxygens (including phenoxy) is 2. The molecule has 0 fully saturated rings. The van der Waals surface area contributed by atoms with Crippen LogP contribution in [0, 0.1) is 0 Å². The van der Waals surface area contributed by atoms with Gasteiger partial charge in [0.25, 0.3) is 0 Å². The highest BCUT2D eigenvalue weighted by Crippen LogP contribution is 2.28. The summed E-state index contributed by atoms with van der Waals surface area (Å²) in [5.41, 5.74) is -0.469. The minimum absolute atomic E-state index is 0.215. The van der Waals surface area contributed by atoms with Gasteiger partial charge in [-0.1, -0.05) is 12.1 Å². The number of methoxy groups -OCH3 is 2. The smallest absolute Gasteiger partial charge is 0.351 e. The molecule has 0 spiro atoms. The number of rotatable bonds is 5. The van der Waals surface area contributed by atoms with Gasteiger partial charge in [0.15, 0.2) is 5.78 Å². The van der Waals surface area contributed by atoms with Gasteiger partial charge in [0.2, 0.25) is 0 Å². The molecule has 0 amide bonds. The van der Waals surface area contributed by atoms with Crippen molar-refractivity contribution in [2.24, 2.45) is 0 Å². The molecule has 1 aromatic heterocycles. The Kier molecular flexibility index (Phi) is 4.75. The maximum atomic E-state index is 12.5. The number of para-hydroxylation sites is 1. The van der Waals surface area contributed by atoms with Gasteiger partial charge >= 0.3 is 5.63 Å². The minimum Gasteiger partial charge on any atom is -0.506 e. The van der Waals surface area contributed by atoms with Crippen molar-refractivity contribution in [3.8, 4) is 17.2 Å². The molecule has 3 aromatic rings. The van der Waals surface area contributed by atoms with E-state index in [1.54, 1.807) is 42.5 Å². The lowest BCUT2D eigenvalue weighted by Crippen LogP contribution is -2.12. The van der Waals surface area contributed by atoms with Crippen LogP contribution in [0.2, 0.25) is 0 Å². The molecule has 0 saturated carbocycles. The van der Waals surface area contributed by atoms with Gasteiger partial charge in [-0.15, -0.1) is 0 Å². The van der Waals surface area contributed by atoms with Crippen molar-refractivity contribution in [1.29, 1.82) is 0 Å². The molecule has 0 saturated heterocycles. The van der Waals surface area contributed by atoms with Crippen LogP contribution in [0.25, 0.3) is 17.0 Å². The fourth-order valence-electron chi connectivity index (χ4n) is 2.56. The van der Waals surface area contributed by atoms with Crippen molar-refractivity contribution in [1.82, 2.24) is 0 Å². The highest BCUT2D eigenvalue weighted by Gasteiger charge is 2.19. The van der Waals surface area contributed by atoms with Crippen LogP contribution in [0.4, 0.5) is 0 Å². The molecule has 1 heterocycles. The molecule has 0 aliphatic heterocycles. The van der Waals surface area contributed by atoms with Crippen LogP contribution in [0.15, 0.2) is 57.8 Å². The molecule has 0 radical (unpaired) electrons. The zero-order chi connectivity index (χ0) is 18.7. The van der Waals surface area contributed by atoms with Crippen molar-refractivity contribution in [3.63, 3.8) is 0 Å². The van der Waals surface area contributed by atoms with Gasteiger partial charge in [-0.05, 0) is 36.4 Å². The summed E-state index contributed by atoms with van der Waals surface area (Å²) in [6.07, 6.45) is 2.68. The van der Waals surface area contributed by atoms with E-state index in [1.807, 2.05) is 0 Å². The highest BCUT2D eigenvalue weighted by molar-refractivity contribution is 6.10. The van der Waals surface area contributed by atoms with E-state index in [0.29, 0.717) is 22.4 Å². The van der Waals surface area contributed by atoms with Crippen LogP contribution in [0.5, 0.6) is 17.2 Å². The fourth-order valence-corrected chi connectivity index (χ4v) is 2.56. The molecule has 3 rings (SSSR count). The third-order valence-corrected chi connectivity index (χ3v) is 3.89. The number of benzene rings is 2. The average Bonchev–Trinajstić information content (AvgIpc) is 2.66. The summed E-state index contributed by atoms with van der Waals surface area (Å²) < 4.78 is 15.5. The number of carbonyl (C=O) groups is 1. The van der Waals surface area contributed by atoms with E-state index < -0.39 is 22.7 Å². The van der Waals surface area contributed by atoms with E-state index in [4.69, 9.17) is 13.9 Å². The molecule has 2 aromatic carbocycles. The summed E-state index contributed by atoms with van der Waals surface area (Å²) in [7, 11) is 3.04. The molecule has 1 N–H and O–H groups in total. The van der Waals surface area contributed by atoms with Gasteiger partial charge < -0.3 is 19.0 Å². The van der Waals surface area contributed by atoms with Crippen molar-refractivity contribution < 1.29 is 23.8 Å². The van der Waals surface area contributed by atoms with Crippen molar-refractivity contribution in [2.75, 3.05) is 14.2 Å². The largest absolute Gasteiger partial charge is 0.506 e. The molecule has 132 valence electrons. The molecule has 0 unspecified atom stereocenters. The van der Waals surface area contributed by atoms with Gasteiger partial charge in [0.1, 0.15) is 28.4 Å². The van der Waals surface area contributed by atoms with E-state index in [2.05, 4.69) is 0 Å². The number of aromatic hydroxyl groups is 1. The average molecular weight is 352 g/mol. The van der Waals surface area contributed by atoms with Crippen molar-refractivity contribution in [2.45, 2.75) is 0 Å². The summed E-state index contributed by atoms with van der Waals surface area (Å²) in [6, 6.07) is 11.6. The lowest BCUT2D eigenvalue weighted by Gasteiger charge is -2.07. The summed E-state index contributed by atoms with van der Waals surface area (Å²) >= 11 is 0. The molecular formula is C20H16O6. The molecular weight excluding hydrogens is 336 g/mol. The molecule has 0 aliphatic rings. The lowest BCUT2D eigenvalue weighted by atomic mass is 10.1. The van der Waals surface area contributed by atoms with Gasteiger partial charge in [-0.25, -0.2) is 4.79 Å². The van der Waals surface area contributed by atoms with Gasteiger partial charge in [0, 0.05) is 11.6 Å². The molecule has 0 atom stereocenters. The zero-order valence-electron chi connectivity index (χ0n) is 14.2. The van der Waals surface area contributed by atoms with Gasteiger partial charge in [-0.2, -0.15) is 0 Å². The molecule has 6 heteroatoms. The van der Waals surface area contributed by atoms with E-state index in [0.717, 1.165) is 0 Å². The lowest BCUT2D eigenvalue weighted by molar-refractivity contribution is 0.104. The monoisotopic (exact) mass is 352 g/mol. The topological polar surface area (TPSA) is 86.0 Å². The number of carbonyl (C=O) groups excluding carboxylic acids is 1. The Morgan fingerprint density at radius 1 is 1.12 bits per heavy atom. The SMILES string of the molecule is COc1ccc(C=CC(=O)c2c(O)c3ccccc3oc2=O)c(OC)c1. The van der Waals surface area contributed by atoms with Crippen LogP contribution in [-0.4, -0.2) is 25.1 Å². The second-order valence-electron chi connectivity index (χ2n) is 5.41. The summed E-state index contributed by atoms with van der Waals surface area (Å²) in [5.74, 6) is 0.0504. The highest BCUT2D eigenvalue weighted by atomic mass is 16.5. The Balaban J connectivity index is 2.00. The Morgan fingerprint density at radius 3 is 2.62 bits per heavy atom. The maximum Gasteiger partial charge on any atom is 0.351 e. The standard InChI is InChI=1S/C20H16O6/c1-24-13-9-7-12(17(11-13)25-2)8-10-15(21)18-19(22)14-5-3-4-6-16(14)26-20(18)23/h3-11,22H,1-2H3. The fraction of sp³-hybridized carbons (Fsp3) is 0.100. The summed E-state index contributed by atoms with van der Waals surface area (Å²) in [5, 5.41) is 10.6. The third kappa shape index (κ3) is 3.17. The Hall–Kier alpha value is -3.54. The first kappa shape index (κ1) is 17.3. The predicted molar refractivity (Wildman–Crippen MR) is 97.1 cm³/mol. The Bertz CT molecular complexity index is 1060. The first-order chi connectivity index (χ1) is 12.5. The maximum absolute atomic E-state index is 12.5. The quantitative estimate of drug-likeness (QED) is 0.430. The first-order valence-electron chi connectivity index (χ1n) is 7.74. The van der Waals surface area contributed by atoms with Crippen molar-refractivity contribution in [3.05, 3.63) is 70.1 Å². The number of ketones is 1. The number of hydrogen-bond donors (Lipinski definition) is 1. The van der Waals surface area contributed by atoms with Crippen molar-refractivity contribution >= 4 is 22.8 Å². The normalized spacial score (nSPS) is 11.0. The van der Waals surface area contributed by atoms with Crippen LogP contribution >= 0.6 is 0 Å². The third-order valence-electron chi connectivity index (χ3n) is 3.89. The Labute approximate surface area is 148 Å². The molecule has 0 aliphatic carbocycles. The summed E-state index contributed by atoms with van der Waals surface area (Å²) in [4.78, 5) is 24.5. The van der Waals surface area contributed by atoms with Gasteiger partial charge in [0.05, 0.1) is 19.6 Å². The molecule has 0 bridgehead atoms. The zero-order valence-corrected chi connectivity index (χ0v) is 14.2. The molecule has 26 heavy (non-hydrogen) atoms.